The molecule has 1 aliphatic rings. The molecule has 1 N–H and O–H groups in total. The topological polar surface area (TPSA) is 45.8 Å². The lowest BCUT2D eigenvalue weighted by molar-refractivity contribution is 0.509. The third-order valence-electron chi connectivity index (χ3n) is 3.70. The highest BCUT2D eigenvalue weighted by Gasteiger charge is 2.22. The molecule has 4 heteroatoms. The van der Waals surface area contributed by atoms with Crippen molar-refractivity contribution in [2.24, 2.45) is 5.92 Å². The Morgan fingerprint density at radius 2 is 2.33 bits per heavy atom. The largest absolute Gasteiger partial charge is 0.310 e. The fraction of sp³-hybridized carbons (Fsp3) is 0.571. The summed E-state index contributed by atoms with van der Waals surface area (Å²) in [5, 5.41) is 0.863. The Morgan fingerprint density at radius 3 is 3.11 bits per heavy atom. The van der Waals surface area contributed by atoms with Gasteiger partial charge in [-0.05, 0) is 37.2 Å². The fourth-order valence-corrected chi connectivity index (χ4v) is 4.15. The number of aryl methyl sites for hydroxylation is 2. The van der Waals surface area contributed by atoms with Crippen molar-refractivity contribution < 1.29 is 0 Å². The van der Waals surface area contributed by atoms with E-state index in [2.05, 4.69) is 23.8 Å². The number of nitrogens with one attached hydrogen (secondary N) is 1. The smallest absolute Gasteiger partial charge is 0.259 e. The highest BCUT2D eigenvalue weighted by molar-refractivity contribution is 7.18. The van der Waals surface area contributed by atoms with Gasteiger partial charge < -0.3 is 4.98 Å². The van der Waals surface area contributed by atoms with Crippen LogP contribution >= 0.6 is 11.3 Å². The summed E-state index contributed by atoms with van der Waals surface area (Å²) in [6.45, 7) is 4.39. The van der Waals surface area contributed by atoms with E-state index in [1.807, 2.05) is 0 Å². The van der Waals surface area contributed by atoms with E-state index in [1.165, 1.54) is 16.9 Å². The zero-order chi connectivity index (χ0) is 12.7. The molecule has 0 fully saturated rings. The van der Waals surface area contributed by atoms with Gasteiger partial charge in [0.25, 0.3) is 5.56 Å². The van der Waals surface area contributed by atoms with Crippen LogP contribution in [0.4, 0.5) is 0 Å². The molecule has 0 amide bonds. The number of hydrogen-bond acceptors (Lipinski definition) is 3. The third-order valence-corrected chi connectivity index (χ3v) is 4.85. The lowest BCUT2D eigenvalue weighted by atomic mass is 9.89. The minimum atomic E-state index is 0.0653. The second-order valence-corrected chi connectivity index (χ2v) is 6.38. The maximum atomic E-state index is 12.2. The summed E-state index contributed by atoms with van der Waals surface area (Å²) < 4.78 is 0. The van der Waals surface area contributed by atoms with E-state index in [9.17, 15) is 4.79 Å². The molecule has 0 aromatic carbocycles. The summed E-state index contributed by atoms with van der Waals surface area (Å²) >= 11 is 1.73. The van der Waals surface area contributed by atoms with Gasteiger partial charge in [-0.25, -0.2) is 4.98 Å². The van der Waals surface area contributed by atoms with Gasteiger partial charge in [-0.2, -0.15) is 0 Å². The molecule has 18 heavy (non-hydrogen) atoms. The van der Waals surface area contributed by atoms with Crippen LogP contribution in [-0.2, 0) is 19.3 Å². The lowest BCUT2D eigenvalue weighted by Gasteiger charge is -2.17. The summed E-state index contributed by atoms with van der Waals surface area (Å²) in [6, 6.07) is 0. The highest BCUT2D eigenvalue weighted by Crippen LogP contribution is 2.35. The monoisotopic (exact) mass is 262 g/mol. The average Bonchev–Trinajstić information content (AvgIpc) is 2.66. The molecular weight excluding hydrogens is 244 g/mol. The van der Waals surface area contributed by atoms with Gasteiger partial charge >= 0.3 is 0 Å². The number of rotatable bonds is 2. The first-order valence-corrected chi connectivity index (χ1v) is 7.54. The molecule has 3 rings (SSSR count). The number of aromatic amines is 1. The number of nitrogens with zero attached hydrogens (tertiary/aromatic N) is 1. The Morgan fingerprint density at radius 1 is 1.50 bits per heavy atom. The molecule has 0 unspecified atom stereocenters. The highest BCUT2D eigenvalue weighted by atomic mass is 32.1. The van der Waals surface area contributed by atoms with E-state index >= 15 is 0 Å². The van der Waals surface area contributed by atoms with Crippen molar-refractivity contribution >= 4 is 21.6 Å². The Bertz CT molecular complexity index is 641. The van der Waals surface area contributed by atoms with Gasteiger partial charge in [0.05, 0.1) is 5.39 Å². The second-order valence-electron chi connectivity index (χ2n) is 5.29. The van der Waals surface area contributed by atoms with Crippen LogP contribution in [0.25, 0.3) is 10.2 Å². The van der Waals surface area contributed by atoms with Crippen LogP contribution in [0.3, 0.4) is 0 Å². The first kappa shape index (κ1) is 11.9. The van der Waals surface area contributed by atoms with Crippen molar-refractivity contribution in [2.45, 2.75) is 46.0 Å². The van der Waals surface area contributed by atoms with Gasteiger partial charge in [-0.3, -0.25) is 4.79 Å². The molecule has 0 saturated heterocycles. The van der Waals surface area contributed by atoms with Gasteiger partial charge in [0.2, 0.25) is 0 Å². The van der Waals surface area contributed by atoms with Crippen molar-refractivity contribution in [1.29, 1.82) is 0 Å². The molecule has 1 aliphatic carbocycles. The van der Waals surface area contributed by atoms with Crippen molar-refractivity contribution in [1.82, 2.24) is 9.97 Å². The number of aromatic nitrogens is 2. The van der Waals surface area contributed by atoms with Gasteiger partial charge in [0.1, 0.15) is 10.7 Å². The fourth-order valence-electron chi connectivity index (χ4n) is 2.75. The number of H-pyrrole nitrogens is 1. The normalized spacial score (nSPS) is 19.1. The Labute approximate surface area is 110 Å². The van der Waals surface area contributed by atoms with Crippen molar-refractivity contribution in [3.8, 4) is 0 Å². The molecular formula is C14H18N2OS. The zero-order valence-electron chi connectivity index (χ0n) is 10.9. The van der Waals surface area contributed by atoms with E-state index in [-0.39, 0.29) is 5.56 Å². The molecule has 0 aliphatic heterocycles. The second kappa shape index (κ2) is 4.50. The van der Waals surface area contributed by atoms with Crippen molar-refractivity contribution in [2.75, 3.05) is 0 Å². The molecule has 0 saturated carbocycles. The standard InChI is InChI=1S/C14H18N2OS/c1-3-4-11-15-13(17)12-9-6-5-8(2)7-10(9)18-14(12)16-11/h8H,3-7H2,1-2H3,(H,15,16,17)/t8-/m0/s1. The maximum Gasteiger partial charge on any atom is 0.259 e. The molecule has 1 atom stereocenters. The quantitative estimate of drug-likeness (QED) is 0.904. The van der Waals surface area contributed by atoms with E-state index in [4.69, 9.17) is 0 Å². The van der Waals surface area contributed by atoms with Crippen LogP contribution in [0.1, 0.15) is 43.0 Å². The van der Waals surface area contributed by atoms with Gasteiger partial charge in [0, 0.05) is 11.3 Å². The predicted molar refractivity (Wildman–Crippen MR) is 75.4 cm³/mol. The first-order chi connectivity index (χ1) is 8.69. The summed E-state index contributed by atoms with van der Waals surface area (Å²) in [7, 11) is 0. The third kappa shape index (κ3) is 1.88. The minimum absolute atomic E-state index is 0.0653. The van der Waals surface area contributed by atoms with Gasteiger partial charge in [0.15, 0.2) is 0 Å². The van der Waals surface area contributed by atoms with E-state index in [0.29, 0.717) is 0 Å². The molecule has 0 bridgehead atoms. The van der Waals surface area contributed by atoms with Gasteiger partial charge in [-0.1, -0.05) is 13.8 Å². The predicted octanol–water partition coefficient (Wildman–Crippen LogP) is 3.06. The number of hydrogen-bond donors (Lipinski definition) is 1. The summed E-state index contributed by atoms with van der Waals surface area (Å²) in [4.78, 5) is 22.1. The van der Waals surface area contributed by atoms with Crippen LogP contribution in [0.15, 0.2) is 4.79 Å². The molecule has 2 aromatic heterocycles. The SMILES string of the molecule is CCCc1nc2sc3c(c2c(=O)[nH]1)CC[C@H](C)C3. The van der Waals surface area contributed by atoms with Crippen molar-refractivity contribution in [3.05, 3.63) is 26.6 Å². The number of fused-ring (bicyclic) bond motifs is 3. The Kier molecular flexibility index (Phi) is 2.98. The maximum absolute atomic E-state index is 12.2. The summed E-state index contributed by atoms with van der Waals surface area (Å²) in [5.74, 6) is 1.57. The van der Waals surface area contributed by atoms with Crippen LogP contribution < -0.4 is 5.56 Å². The lowest BCUT2D eigenvalue weighted by Crippen LogP contribution is -2.14. The molecule has 2 aromatic rings. The van der Waals surface area contributed by atoms with Crippen LogP contribution in [-0.4, -0.2) is 9.97 Å². The summed E-state index contributed by atoms with van der Waals surface area (Å²) in [5.41, 5.74) is 1.33. The molecule has 96 valence electrons. The summed E-state index contributed by atoms with van der Waals surface area (Å²) in [6.07, 6.45) is 5.20. The minimum Gasteiger partial charge on any atom is -0.310 e. The molecule has 2 heterocycles. The van der Waals surface area contributed by atoms with Crippen molar-refractivity contribution in [3.63, 3.8) is 0 Å². The van der Waals surface area contributed by atoms with Crippen LogP contribution in [0.2, 0.25) is 0 Å². The average molecular weight is 262 g/mol. The first-order valence-electron chi connectivity index (χ1n) is 6.72. The van der Waals surface area contributed by atoms with Crippen LogP contribution in [0, 0.1) is 5.92 Å². The Hall–Kier alpha value is -1.16. The zero-order valence-corrected chi connectivity index (χ0v) is 11.7. The molecule has 3 nitrogen and oxygen atoms in total. The van der Waals surface area contributed by atoms with E-state index in [0.717, 1.165) is 47.6 Å². The van der Waals surface area contributed by atoms with Gasteiger partial charge in [-0.15, -0.1) is 11.3 Å². The van der Waals surface area contributed by atoms with E-state index in [1.54, 1.807) is 11.3 Å². The molecule has 0 radical (unpaired) electrons. The number of thiophene rings is 1. The molecule has 0 spiro atoms. The van der Waals surface area contributed by atoms with Crippen LogP contribution in [0.5, 0.6) is 0 Å². The van der Waals surface area contributed by atoms with E-state index < -0.39 is 0 Å². The Balaban J connectivity index is 2.19.